The molecule has 0 fully saturated rings. The van der Waals surface area contributed by atoms with Gasteiger partial charge in [0, 0.05) is 30.4 Å². The van der Waals surface area contributed by atoms with Gasteiger partial charge in [0.15, 0.2) is 5.82 Å². The number of aromatic amines is 1. The van der Waals surface area contributed by atoms with Crippen LogP contribution in [0.1, 0.15) is 12.0 Å². The maximum absolute atomic E-state index is 13.2. The van der Waals surface area contributed by atoms with E-state index in [4.69, 9.17) is 0 Å². The van der Waals surface area contributed by atoms with Crippen LogP contribution in [0.3, 0.4) is 0 Å². The molecule has 1 aliphatic rings. The molecule has 6 nitrogen and oxygen atoms in total. The quantitative estimate of drug-likeness (QED) is 0.311. The molecule has 178 valence electrons. The van der Waals surface area contributed by atoms with Gasteiger partial charge in [0.25, 0.3) is 0 Å². The number of carbonyl (C=O) groups excluding carboxylic acids is 1. The Morgan fingerprint density at radius 1 is 0.943 bits per heavy atom. The molecule has 0 unspecified atom stereocenters. The molecule has 1 aliphatic heterocycles. The van der Waals surface area contributed by atoms with Crippen molar-refractivity contribution in [2.24, 2.45) is 0 Å². The molecular formula is C26H22F3N5O. The molecule has 2 aromatic carbocycles. The minimum Gasteiger partial charge on any atom is -0.382 e. The lowest BCUT2D eigenvalue weighted by Gasteiger charge is -2.22. The zero-order chi connectivity index (χ0) is 24.4. The van der Waals surface area contributed by atoms with Crippen LogP contribution in [0, 0.1) is 0 Å². The fourth-order valence-corrected chi connectivity index (χ4v) is 4.02. The van der Waals surface area contributed by atoms with Crippen molar-refractivity contribution in [3.8, 4) is 22.4 Å². The number of benzene rings is 2. The molecule has 3 N–H and O–H groups in total. The maximum atomic E-state index is 13.2. The van der Waals surface area contributed by atoms with Crippen LogP contribution in [0.4, 0.5) is 35.3 Å². The van der Waals surface area contributed by atoms with E-state index in [1.807, 2.05) is 42.6 Å². The Balaban J connectivity index is 1.43. The summed E-state index contributed by atoms with van der Waals surface area (Å²) >= 11 is 0. The Hall–Kier alpha value is -4.27. The van der Waals surface area contributed by atoms with Crippen molar-refractivity contribution in [2.45, 2.75) is 12.6 Å². The summed E-state index contributed by atoms with van der Waals surface area (Å²) in [6.45, 7) is 1.04. The van der Waals surface area contributed by atoms with E-state index in [1.54, 1.807) is 18.2 Å². The van der Waals surface area contributed by atoms with Crippen LogP contribution < -0.4 is 15.5 Å². The Labute approximate surface area is 199 Å². The molecule has 2 amide bonds. The Bertz CT molecular complexity index is 1350. The maximum Gasteiger partial charge on any atom is 0.416 e. The number of rotatable bonds is 3. The predicted molar refractivity (Wildman–Crippen MR) is 130 cm³/mol. The average Bonchev–Trinajstić information content (AvgIpc) is 3.22. The lowest BCUT2D eigenvalue weighted by Crippen LogP contribution is -2.36. The number of carbonyl (C=O) groups is 1. The Kier molecular flexibility index (Phi) is 5.90. The molecule has 0 saturated heterocycles. The number of pyridine rings is 1. The Morgan fingerprint density at radius 2 is 1.74 bits per heavy atom. The first-order valence-electron chi connectivity index (χ1n) is 11.1. The van der Waals surface area contributed by atoms with Crippen LogP contribution in [0.2, 0.25) is 0 Å². The van der Waals surface area contributed by atoms with Crippen LogP contribution in [0.25, 0.3) is 22.4 Å². The lowest BCUT2D eigenvalue weighted by atomic mass is 10.1. The van der Waals surface area contributed by atoms with Gasteiger partial charge < -0.3 is 10.3 Å². The summed E-state index contributed by atoms with van der Waals surface area (Å²) in [6, 6.07) is 19.6. The fourth-order valence-electron chi connectivity index (χ4n) is 4.02. The topological polar surface area (TPSA) is 73.1 Å². The van der Waals surface area contributed by atoms with E-state index in [0.29, 0.717) is 48.1 Å². The summed E-state index contributed by atoms with van der Waals surface area (Å²) in [5.74, 6) is 0.895. The van der Waals surface area contributed by atoms with Crippen molar-refractivity contribution in [3.05, 3.63) is 84.6 Å². The molecular weight excluding hydrogens is 455 g/mol. The van der Waals surface area contributed by atoms with Gasteiger partial charge in [-0.25, -0.2) is 9.78 Å². The first-order valence-corrected chi connectivity index (χ1v) is 11.1. The van der Waals surface area contributed by atoms with E-state index >= 15 is 0 Å². The SMILES string of the molecule is O=C(Nc1cc(-c2ccccc2)c[nH]1)N1CCCNc2ccc(-c3cccc(C(F)(F)F)c3)nc21. The third-order valence-electron chi connectivity index (χ3n) is 5.77. The number of anilines is 3. The number of nitrogens with one attached hydrogen (secondary N) is 3. The second-order valence-electron chi connectivity index (χ2n) is 8.18. The van der Waals surface area contributed by atoms with Crippen molar-refractivity contribution in [1.82, 2.24) is 9.97 Å². The number of nitrogens with zero attached hydrogens (tertiary/aromatic N) is 2. The number of aromatic nitrogens is 2. The molecule has 9 heteroatoms. The van der Waals surface area contributed by atoms with Gasteiger partial charge in [-0.1, -0.05) is 42.5 Å². The molecule has 0 bridgehead atoms. The molecule has 0 saturated carbocycles. The van der Waals surface area contributed by atoms with Gasteiger partial charge in [0.05, 0.1) is 16.9 Å². The Morgan fingerprint density at radius 3 is 2.54 bits per heavy atom. The number of halogens is 3. The standard InChI is InChI=1S/C26H22F3N5O/c27-26(28,29)20-9-4-8-18(14-20)21-10-11-22-24(32-21)34(13-5-12-30-22)25(35)33-23-15-19(16-31-23)17-6-2-1-3-7-17/h1-4,6-11,14-16,30-31H,5,12-13H2,(H,33,35). The molecule has 3 heterocycles. The highest BCUT2D eigenvalue weighted by atomic mass is 19.4. The summed E-state index contributed by atoms with van der Waals surface area (Å²) in [5, 5.41) is 6.12. The number of H-pyrrole nitrogens is 1. The van der Waals surface area contributed by atoms with Crippen molar-refractivity contribution in [2.75, 3.05) is 28.6 Å². The summed E-state index contributed by atoms with van der Waals surface area (Å²) < 4.78 is 39.6. The number of urea groups is 1. The number of alkyl halides is 3. The average molecular weight is 477 g/mol. The van der Waals surface area contributed by atoms with Crippen LogP contribution >= 0.6 is 0 Å². The molecule has 0 aliphatic carbocycles. The van der Waals surface area contributed by atoms with Gasteiger partial charge in [-0.2, -0.15) is 13.2 Å². The third-order valence-corrected chi connectivity index (χ3v) is 5.77. The van der Waals surface area contributed by atoms with E-state index in [9.17, 15) is 18.0 Å². The first-order chi connectivity index (χ1) is 16.9. The zero-order valence-corrected chi connectivity index (χ0v) is 18.6. The second kappa shape index (κ2) is 9.17. The third kappa shape index (κ3) is 4.84. The minimum absolute atomic E-state index is 0.323. The van der Waals surface area contributed by atoms with E-state index < -0.39 is 11.7 Å². The minimum atomic E-state index is -4.45. The number of amides is 2. The summed E-state index contributed by atoms with van der Waals surface area (Å²) in [7, 11) is 0. The molecule has 0 radical (unpaired) electrons. The molecule has 35 heavy (non-hydrogen) atoms. The highest BCUT2D eigenvalue weighted by Gasteiger charge is 2.31. The fraction of sp³-hybridized carbons (Fsp3) is 0.154. The molecule has 5 rings (SSSR count). The summed E-state index contributed by atoms with van der Waals surface area (Å²) in [6.07, 6.45) is -1.96. The summed E-state index contributed by atoms with van der Waals surface area (Å²) in [4.78, 5) is 22.4. The van der Waals surface area contributed by atoms with Crippen molar-refractivity contribution >= 4 is 23.4 Å². The second-order valence-corrected chi connectivity index (χ2v) is 8.18. The van der Waals surface area contributed by atoms with Crippen LogP contribution in [-0.4, -0.2) is 29.1 Å². The monoisotopic (exact) mass is 477 g/mol. The van der Waals surface area contributed by atoms with E-state index in [0.717, 1.165) is 23.3 Å². The molecule has 0 spiro atoms. The van der Waals surface area contributed by atoms with Crippen LogP contribution in [0.15, 0.2) is 79.0 Å². The zero-order valence-electron chi connectivity index (χ0n) is 18.6. The highest BCUT2D eigenvalue weighted by Crippen LogP contribution is 2.34. The first kappa shape index (κ1) is 22.5. The van der Waals surface area contributed by atoms with Gasteiger partial charge in [0.2, 0.25) is 0 Å². The molecule has 2 aromatic heterocycles. The number of hydrogen-bond donors (Lipinski definition) is 3. The van der Waals surface area contributed by atoms with E-state index in [2.05, 4.69) is 20.6 Å². The predicted octanol–water partition coefficient (Wildman–Crippen LogP) is 6.62. The van der Waals surface area contributed by atoms with E-state index in [1.165, 1.54) is 11.0 Å². The van der Waals surface area contributed by atoms with Crippen molar-refractivity contribution in [3.63, 3.8) is 0 Å². The molecule has 4 aromatic rings. The lowest BCUT2D eigenvalue weighted by molar-refractivity contribution is -0.137. The highest BCUT2D eigenvalue weighted by molar-refractivity contribution is 6.03. The molecule has 0 atom stereocenters. The summed E-state index contributed by atoms with van der Waals surface area (Å²) in [5.41, 5.74) is 2.52. The van der Waals surface area contributed by atoms with Gasteiger partial charge >= 0.3 is 12.2 Å². The van der Waals surface area contributed by atoms with Crippen LogP contribution in [0.5, 0.6) is 0 Å². The van der Waals surface area contributed by atoms with Crippen molar-refractivity contribution in [1.29, 1.82) is 0 Å². The normalized spacial score (nSPS) is 13.5. The largest absolute Gasteiger partial charge is 0.416 e. The number of fused-ring (bicyclic) bond motifs is 1. The smallest absolute Gasteiger partial charge is 0.382 e. The van der Waals surface area contributed by atoms with Crippen LogP contribution in [-0.2, 0) is 6.18 Å². The van der Waals surface area contributed by atoms with Gasteiger partial charge in [-0.05, 0) is 42.3 Å². The number of hydrogen-bond acceptors (Lipinski definition) is 3. The van der Waals surface area contributed by atoms with E-state index in [-0.39, 0.29) is 6.03 Å². The van der Waals surface area contributed by atoms with Gasteiger partial charge in [0.1, 0.15) is 5.82 Å². The van der Waals surface area contributed by atoms with Gasteiger partial charge in [-0.3, -0.25) is 10.2 Å². The van der Waals surface area contributed by atoms with Crippen molar-refractivity contribution < 1.29 is 18.0 Å². The van der Waals surface area contributed by atoms with Gasteiger partial charge in [-0.15, -0.1) is 0 Å².